The lowest BCUT2D eigenvalue weighted by Crippen LogP contribution is -2.54. The van der Waals surface area contributed by atoms with Crippen molar-refractivity contribution in [1.29, 1.82) is 0 Å². The summed E-state index contributed by atoms with van der Waals surface area (Å²) in [6, 6.07) is 7.62. The van der Waals surface area contributed by atoms with Crippen molar-refractivity contribution in [2.24, 2.45) is 33.5 Å². The summed E-state index contributed by atoms with van der Waals surface area (Å²) in [5.74, 6) is 0.284. The van der Waals surface area contributed by atoms with Gasteiger partial charge >= 0.3 is 18.2 Å². The van der Waals surface area contributed by atoms with Crippen LogP contribution in [0.15, 0.2) is 30.3 Å². The van der Waals surface area contributed by atoms with Crippen LogP contribution in [0.3, 0.4) is 0 Å². The van der Waals surface area contributed by atoms with E-state index in [4.69, 9.17) is 14.2 Å². The second-order valence-electron chi connectivity index (χ2n) is 14.0. The molecule has 5 rings (SSSR count). The van der Waals surface area contributed by atoms with Gasteiger partial charge in [-0.2, -0.15) is 5.01 Å². The van der Waals surface area contributed by atoms with Gasteiger partial charge in [0.2, 0.25) is 0 Å². The Kier molecular flexibility index (Phi) is 7.15. The van der Waals surface area contributed by atoms with Gasteiger partial charge in [0, 0.05) is 10.8 Å². The summed E-state index contributed by atoms with van der Waals surface area (Å²) in [4.78, 5) is 40.7. The summed E-state index contributed by atoms with van der Waals surface area (Å²) in [7, 11) is 0. The van der Waals surface area contributed by atoms with Crippen LogP contribution in [0.1, 0.15) is 98.6 Å². The first kappa shape index (κ1) is 28.7. The maximum atomic E-state index is 13.9. The van der Waals surface area contributed by atoms with E-state index in [0.29, 0.717) is 17.4 Å². The van der Waals surface area contributed by atoms with Crippen molar-refractivity contribution in [1.82, 2.24) is 10.4 Å². The highest BCUT2D eigenvalue weighted by molar-refractivity contribution is 5.84. The molecule has 7 atom stereocenters. The Morgan fingerprint density at radius 1 is 0.875 bits per heavy atom. The first-order valence-electron chi connectivity index (χ1n) is 14.9. The number of carbonyl (C=O) groups excluding carboxylic acids is 3. The standard InChI is InChI=1S/C32H46N2O6/c1-8-38-26(35)25(20-12-10-9-11-13-20)34(28(37)40-24-19-22-15-17-32(24,7)30(22,4)5)33-27(36)39-23-18-21-14-16-31(23,6)29(21,2)3/h9-13,21-25H,8,14-19H2,1-7H3,(H,33,36)/t21-,22-,23-,24-,25?,31+,32+/m1/s1. The Morgan fingerprint density at radius 2 is 1.40 bits per heavy atom. The van der Waals surface area contributed by atoms with Crippen LogP contribution in [0.25, 0.3) is 0 Å². The van der Waals surface area contributed by atoms with E-state index < -0.39 is 24.2 Å². The topological polar surface area (TPSA) is 94.2 Å². The number of amides is 2. The molecular formula is C32H46N2O6. The molecule has 0 radical (unpaired) electrons. The fourth-order valence-electron chi connectivity index (χ4n) is 8.51. The number of hydrogen-bond donors (Lipinski definition) is 1. The van der Waals surface area contributed by atoms with Gasteiger partial charge in [-0.1, -0.05) is 71.9 Å². The van der Waals surface area contributed by atoms with Crippen LogP contribution in [0.5, 0.6) is 0 Å². The Labute approximate surface area is 238 Å². The number of fused-ring (bicyclic) bond motifs is 4. The number of nitrogens with one attached hydrogen (secondary N) is 1. The molecule has 1 unspecified atom stereocenters. The fourth-order valence-corrected chi connectivity index (χ4v) is 8.51. The number of ether oxygens (including phenoxy) is 3. The second-order valence-corrected chi connectivity index (χ2v) is 14.0. The Morgan fingerprint density at radius 3 is 1.85 bits per heavy atom. The third-order valence-electron chi connectivity index (χ3n) is 12.2. The molecule has 0 aromatic heterocycles. The van der Waals surface area contributed by atoms with Crippen molar-refractivity contribution in [3.05, 3.63) is 35.9 Å². The van der Waals surface area contributed by atoms with E-state index in [0.717, 1.165) is 43.5 Å². The Hall–Kier alpha value is -2.77. The molecule has 0 saturated heterocycles. The molecule has 4 fully saturated rings. The van der Waals surface area contributed by atoms with E-state index in [1.807, 2.05) is 6.07 Å². The fraction of sp³-hybridized carbons (Fsp3) is 0.719. The number of benzene rings is 1. The summed E-state index contributed by atoms with van der Waals surface area (Å²) in [5, 5.41) is 0.985. The lowest BCUT2D eigenvalue weighted by Gasteiger charge is -2.40. The molecule has 4 aliphatic rings. The predicted octanol–water partition coefficient (Wildman–Crippen LogP) is 6.80. The minimum absolute atomic E-state index is 0.0269. The maximum absolute atomic E-state index is 13.9. The van der Waals surface area contributed by atoms with Gasteiger partial charge in [0.1, 0.15) is 12.2 Å². The SMILES string of the molecule is CCOC(=O)C(c1ccccc1)N(NC(=O)O[C@@H]1C[C@H]2CC[C@]1(C)C2(C)C)C(=O)O[C@@H]1C[C@H]2CC[C@]1(C)C2(C)C. The molecule has 1 aromatic rings. The Bertz CT molecular complexity index is 1150. The molecule has 0 spiro atoms. The molecule has 1 N–H and O–H groups in total. The quantitative estimate of drug-likeness (QED) is 0.236. The molecule has 4 aliphatic carbocycles. The van der Waals surface area contributed by atoms with Crippen LogP contribution < -0.4 is 5.43 Å². The summed E-state index contributed by atoms with van der Waals surface area (Å²) in [6.07, 6.45) is 3.59. The van der Waals surface area contributed by atoms with Gasteiger partial charge < -0.3 is 14.2 Å². The van der Waals surface area contributed by atoms with Gasteiger partial charge in [-0.25, -0.2) is 19.8 Å². The van der Waals surface area contributed by atoms with Crippen molar-refractivity contribution in [3.63, 3.8) is 0 Å². The predicted molar refractivity (Wildman–Crippen MR) is 150 cm³/mol. The Balaban J connectivity index is 1.41. The summed E-state index contributed by atoms with van der Waals surface area (Å²) < 4.78 is 17.5. The van der Waals surface area contributed by atoms with Gasteiger partial charge in [0.15, 0.2) is 6.04 Å². The molecular weight excluding hydrogens is 508 g/mol. The van der Waals surface area contributed by atoms with Gasteiger partial charge in [0.05, 0.1) is 6.61 Å². The molecule has 8 heteroatoms. The molecule has 4 bridgehead atoms. The minimum Gasteiger partial charge on any atom is -0.464 e. The molecule has 0 heterocycles. The number of esters is 1. The molecule has 1 aromatic carbocycles. The van der Waals surface area contributed by atoms with E-state index in [1.54, 1.807) is 31.2 Å². The lowest BCUT2D eigenvalue weighted by atomic mass is 9.70. The van der Waals surface area contributed by atoms with Crippen molar-refractivity contribution in [2.45, 2.75) is 105 Å². The monoisotopic (exact) mass is 554 g/mol. The summed E-state index contributed by atoms with van der Waals surface area (Å²) >= 11 is 0. The highest BCUT2D eigenvalue weighted by Gasteiger charge is 2.64. The first-order valence-corrected chi connectivity index (χ1v) is 14.9. The summed E-state index contributed by atoms with van der Waals surface area (Å²) in [5.41, 5.74) is 2.88. The molecule has 2 amide bonds. The smallest absolute Gasteiger partial charge is 0.430 e. The van der Waals surface area contributed by atoms with Gasteiger partial charge in [-0.3, -0.25) is 0 Å². The van der Waals surface area contributed by atoms with E-state index in [2.05, 4.69) is 47.0 Å². The third kappa shape index (κ3) is 4.28. The number of nitrogens with zero attached hydrogens (tertiary/aromatic N) is 1. The van der Waals surface area contributed by atoms with E-state index >= 15 is 0 Å². The average Bonchev–Trinajstić information content (AvgIpc) is 3.41. The molecule has 8 nitrogen and oxygen atoms in total. The summed E-state index contributed by atoms with van der Waals surface area (Å²) in [6.45, 7) is 15.2. The average molecular weight is 555 g/mol. The van der Waals surface area contributed by atoms with E-state index in [1.165, 1.54) is 0 Å². The van der Waals surface area contributed by atoms with Crippen molar-refractivity contribution < 1.29 is 28.6 Å². The van der Waals surface area contributed by atoms with Crippen LogP contribution in [-0.2, 0) is 19.0 Å². The van der Waals surface area contributed by atoms with Gasteiger partial charge in [0.25, 0.3) is 0 Å². The highest BCUT2D eigenvalue weighted by Crippen LogP contribution is 2.67. The molecule has 0 aliphatic heterocycles. The number of hydrogen-bond acceptors (Lipinski definition) is 6. The van der Waals surface area contributed by atoms with Crippen molar-refractivity contribution >= 4 is 18.2 Å². The molecule has 4 saturated carbocycles. The number of carbonyl (C=O) groups is 3. The normalized spacial score (nSPS) is 35.2. The van der Waals surface area contributed by atoms with Gasteiger partial charge in [-0.15, -0.1) is 0 Å². The molecule has 40 heavy (non-hydrogen) atoms. The lowest BCUT2D eigenvalue weighted by molar-refractivity contribution is -0.151. The van der Waals surface area contributed by atoms with E-state index in [-0.39, 0.29) is 40.5 Å². The second kappa shape index (κ2) is 9.95. The zero-order chi connectivity index (χ0) is 29.1. The van der Waals surface area contributed by atoms with Crippen LogP contribution in [0.4, 0.5) is 9.59 Å². The van der Waals surface area contributed by atoms with Crippen LogP contribution in [0.2, 0.25) is 0 Å². The highest BCUT2D eigenvalue weighted by atomic mass is 16.6. The minimum atomic E-state index is -1.23. The first-order chi connectivity index (χ1) is 18.8. The zero-order valence-corrected chi connectivity index (χ0v) is 25.1. The number of rotatable bonds is 6. The maximum Gasteiger partial charge on any atom is 0.430 e. The largest absolute Gasteiger partial charge is 0.464 e. The van der Waals surface area contributed by atoms with Crippen LogP contribution >= 0.6 is 0 Å². The third-order valence-corrected chi connectivity index (χ3v) is 12.2. The van der Waals surface area contributed by atoms with Crippen LogP contribution in [0, 0.1) is 33.5 Å². The zero-order valence-electron chi connectivity index (χ0n) is 25.1. The van der Waals surface area contributed by atoms with Crippen molar-refractivity contribution in [3.8, 4) is 0 Å². The molecule has 220 valence electrons. The van der Waals surface area contributed by atoms with E-state index in [9.17, 15) is 14.4 Å². The van der Waals surface area contributed by atoms with Crippen molar-refractivity contribution in [2.75, 3.05) is 6.61 Å². The number of hydrazine groups is 1. The van der Waals surface area contributed by atoms with Gasteiger partial charge in [-0.05, 0) is 73.7 Å². The van der Waals surface area contributed by atoms with Crippen LogP contribution in [-0.4, -0.2) is 42.0 Å².